The van der Waals surface area contributed by atoms with E-state index in [0.717, 1.165) is 23.2 Å². The van der Waals surface area contributed by atoms with Crippen molar-refractivity contribution in [3.05, 3.63) is 70.6 Å². The van der Waals surface area contributed by atoms with Crippen LogP contribution in [-0.2, 0) is 19.5 Å². The maximum absolute atomic E-state index is 12.8. The number of hydrogen-bond acceptors (Lipinski definition) is 2. The molecule has 0 fully saturated rings. The van der Waals surface area contributed by atoms with Crippen molar-refractivity contribution in [3.63, 3.8) is 0 Å². The Morgan fingerprint density at radius 2 is 1.85 bits per heavy atom. The SMILES string of the molecule is COc1ccc(C(=O)C[n+]2cc(-c3ccc(Br)cc3)n3c2CCCC3)cc1. The molecule has 1 aliphatic rings. The second kappa shape index (κ2) is 7.69. The third-order valence-electron chi connectivity index (χ3n) is 5.11. The molecule has 4 rings (SSSR count). The molecule has 5 heteroatoms. The number of ketones is 1. The predicted molar refractivity (Wildman–Crippen MR) is 108 cm³/mol. The van der Waals surface area contributed by atoms with Gasteiger partial charge in [-0.25, -0.2) is 9.13 Å². The van der Waals surface area contributed by atoms with Gasteiger partial charge in [0.2, 0.25) is 5.78 Å². The number of halogens is 1. The number of nitrogens with zero attached hydrogens (tertiary/aromatic N) is 2. The minimum atomic E-state index is 0.115. The van der Waals surface area contributed by atoms with E-state index in [1.807, 2.05) is 24.3 Å². The first-order chi connectivity index (χ1) is 13.2. The number of aromatic nitrogens is 2. The van der Waals surface area contributed by atoms with E-state index in [-0.39, 0.29) is 5.78 Å². The fourth-order valence-electron chi connectivity index (χ4n) is 3.68. The second-order valence-corrected chi connectivity index (χ2v) is 7.74. The molecule has 0 saturated carbocycles. The predicted octanol–water partition coefficient (Wildman–Crippen LogP) is 4.43. The second-order valence-electron chi connectivity index (χ2n) is 6.83. The van der Waals surface area contributed by atoms with Gasteiger partial charge < -0.3 is 4.74 Å². The van der Waals surface area contributed by atoms with Crippen molar-refractivity contribution in [2.75, 3.05) is 7.11 Å². The summed E-state index contributed by atoms with van der Waals surface area (Å²) in [5.41, 5.74) is 3.07. The third-order valence-corrected chi connectivity index (χ3v) is 5.64. The van der Waals surface area contributed by atoms with E-state index < -0.39 is 0 Å². The summed E-state index contributed by atoms with van der Waals surface area (Å²) in [5, 5.41) is 0. The summed E-state index contributed by atoms with van der Waals surface area (Å²) < 4.78 is 10.7. The fourth-order valence-corrected chi connectivity index (χ4v) is 3.94. The summed E-state index contributed by atoms with van der Waals surface area (Å²) in [6.07, 6.45) is 5.48. The highest BCUT2D eigenvalue weighted by atomic mass is 79.9. The van der Waals surface area contributed by atoms with Crippen LogP contribution in [0.2, 0.25) is 0 Å². The molecular weight excluding hydrogens is 404 g/mol. The van der Waals surface area contributed by atoms with Gasteiger partial charge >= 0.3 is 0 Å². The highest BCUT2D eigenvalue weighted by molar-refractivity contribution is 9.10. The largest absolute Gasteiger partial charge is 0.497 e. The van der Waals surface area contributed by atoms with Gasteiger partial charge in [0.15, 0.2) is 12.2 Å². The summed E-state index contributed by atoms with van der Waals surface area (Å²) in [6, 6.07) is 15.7. The number of carbonyl (C=O) groups is 1. The number of imidazole rings is 1. The molecule has 138 valence electrons. The molecule has 2 aromatic carbocycles. The molecular formula is C22H22BrN2O2+. The molecule has 0 saturated heterocycles. The number of rotatable bonds is 5. The molecule has 2 heterocycles. The molecule has 0 bridgehead atoms. The van der Waals surface area contributed by atoms with E-state index in [2.05, 4.69) is 55.5 Å². The van der Waals surface area contributed by atoms with Gasteiger partial charge in [-0.2, -0.15) is 0 Å². The maximum Gasteiger partial charge on any atom is 0.257 e. The lowest BCUT2D eigenvalue weighted by atomic mass is 10.1. The van der Waals surface area contributed by atoms with Gasteiger partial charge in [0.1, 0.15) is 11.9 Å². The zero-order valence-corrected chi connectivity index (χ0v) is 16.9. The quantitative estimate of drug-likeness (QED) is 0.447. The molecule has 0 atom stereocenters. The average Bonchev–Trinajstić information content (AvgIpc) is 3.07. The minimum Gasteiger partial charge on any atom is -0.497 e. The van der Waals surface area contributed by atoms with Crippen molar-refractivity contribution in [1.29, 1.82) is 0 Å². The number of fused-ring (bicyclic) bond motifs is 1. The molecule has 0 spiro atoms. The lowest BCUT2D eigenvalue weighted by molar-refractivity contribution is -0.690. The molecule has 1 aliphatic heterocycles. The molecule has 0 unspecified atom stereocenters. The van der Waals surface area contributed by atoms with Crippen LogP contribution in [0, 0.1) is 0 Å². The highest BCUT2D eigenvalue weighted by Crippen LogP contribution is 2.26. The van der Waals surface area contributed by atoms with Crippen LogP contribution in [0.4, 0.5) is 0 Å². The monoisotopic (exact) mass is 425 g/mol. The lowest BCUT2D eigenvalue weighted by Crippen LogP contribution is -2.41. The van der Waals surface area contributed by atoms with E-state index in [9.17, 15) is 4.79 Å². The van der Waals surface area contributed by atoms with Crippen LogP contribution in [0.5, 0.6) is 5.75 Å². The van der Waals surface area contributed by atoms with Crippen molar-refractivity contribution in [1.82, 2.24) is 4.57 Å². The zero-order chi connectivity index (χ0) is 18.8. The third kappa shape index (κ3) is 3.69. The van der Waals surface area contributed by atoms with E-state index in [1.165, 1.54) is 29.9 Å². The molecule has 4 nitrogen and oxygen atoms in total. The van der Waals surface area contributed by atoms with Gasteiger partial charge in [0.05, 0.1) is 13.7 Å². The van der Waals surface area contributed by atoms with E-state index in [4.69, 9.17) is 4.74 Å². The number of Topliss-reactive ketones (excluding diaryl/α,β-unsaturated/α-hetero) is 1. The van der Waals surface area contributed by atoms with Crippen molar-refractivity contribution < 1.29 is 14.1 Å². The highest BCUT2D eigenvalue weighted by Gasteiger charge is 2.28. The van der Waals surface area contributed by atoms with Gasteiger partial charge in [0, 0.05) is 22.0 Å². The number of benzene rings is 2. The first-order valence-corrected chi connectivity index (χ1v) is 10.00. The van der Waals surface area contributed by atoms with Crippen LogP contribution >= 0.6 is 15.9 Å². The van der Waals surface area contributed by atoms with Crippen molar-refractivity contribution >= 4 is 21.7 Å². The van der Waals surface area contributed by atoms with E-state index >= 15 is 0 Å². The first-order valence-electron chi connectivity index (χ1n) is 9.21. The van der Waals surface area contributed by atoms with Gasteiger partial charge in [-0.3, -0.25) is 4.79 Å². The van der Waals surface area contributed by atoms with Crippen molar-refractivity contribution in [2.45, 2.75) is 32.4 Å². The Morgan fingerprint density at radius 1 is 1.11 bits per heavy atom. The Kier molecular flexibility index (Phi) is 5.12. The van der Waals surface area contributed by atoms with Crippen LogP contribution in [-0.4, -0.2) is 17.5 Å². The Morgan fingerprint density at radius 3 is 2.56 bits per heavy atom. The normalized spacial score (nSPS) is 13.3. The number of methoxy groups -OCH3 is 1. The topological polar surface area (TPSA) is 35.1 Å². The number of ether oxygens (including phenoxy) is 1. The average molecular weight is 426 g/mol. The Labute approximate surface area is 167 Å². The smallest absolute Gasteiger partial charge is 0.257 e. The molecule has 0 radical (unpaired) electrons. The van der Waals surface area contributed by atoms with E-state index in [1.54, 1.807) is 7.11 Å². The summed E-state index contributed by atoms with van der Waals surface area (Å²) in [5.74, 6) is 2.11. The molecule has 27 heavy (non-hydrogen) atoms. The lowest BCUT2D eigenvalue weighted by Gasteiger charge is -2.11. The number of hydrogen-bond donors (Lipinski definition) is 0. The molecule has 0 N–H and O–H groups in total. The van der Waals surface area contributed by atoms with Crippen LogP contribution in [0.3, 0.4) is 0 Å². The molecule has 3 aromatic rings. The summed E-state index contributed by atoms with van der Waals surface area (Å²) in [7, 11) is 1.63. The standard InChI is InChI=1S/C22H22BrN2O2/c1-27-19-11-7-17(8-12-19)21(26)15-24-14-20(16-5-9-18(23)10-6-16)25-13-3-2-4-22(24)25/h5-12,14H,2-4,13,15H2,1H3/q+1. The van der Waals surface area contributed by atoms with Crippen LogP contribution in [0.15, 0.2) is 59.2 Å². The molecule has 0 amide bonds. The van der Waals surface area contributed by atoms with Crippen molar-refractivity contribution in [3.8, 4) is 17.0 Å². The zero-order valence-electron chi connectivity index (χ0n) is 15.3. The van der Waals surface area contributed by atoms with Gasteiger partial charge in [-0.15, -0.1) is 0 Å². The van der Waals surface area contributed by atoms with Crippen molar-refractivity contribution in [2.24, 2.45) is 0 Å². The summed E-state index contributed by atoms with van der Waals surface area (Å²) >= 11 is 3.50. The number of carbonyl (C=O) groups excluding carboxylic acids is 1. The van der Waals surface area contributed by atoms with Gasteiger partial charge in [-0.1, -0.05) is 15.9 Å². The Balaban J connectivity index is 1.66. The maximum atomic E-state index is 12.8. The van der Waals surface area contributed by atoms with Gasteiger partial charge in [-0.05, 0) is 61.4 Å². The Hall–Kier alpha value is -2.40. The first kappa shape index (κ1) is 18.0. The summed E-state index contributed by atoms with van der Waals surface area (Å²) in [4.78, 5) is 12.8. The molecule has 1 aromatic heterocycles. The fraction of sp³-hybridized carbons (Fsp3) is 0.273. The van der Waals surface area contributed by atoms with Crippen LogP contribution in [0.25, 0.3) is 11.3 Å². The van der Waals surface area contributed by atoms with E-state index in [0.29, 0.717) is 12.1 Å². The molecule has 0 aliphatic carbocycles. The van der Waals surface area contributed by atoms with Crippen LogP contribution in [0.1, 0.15) is 29.0 Å². The van der Waals surface area contributed by atoms with Crippen LogP contribution < -0.4 is 9.30 Å². The minimum absolute atomic E-state index is 0.115. The summed E-state index contributed by atoms with van der Waals surface area (Å²) in [6.45, 7) is 1.36. The van der Waals surface area contributed by atoms with Gasteiger partial charge in [0.25, 0.3) is 5.82 Å². The Bertz CT molecular complexity index is 959.